The topological polar surface area (TPSA) is 65.0 Å². The summed E-state index contributed by atoms with van der Waals surface area (Å²) >= 11 is 0. The molecule has 0 bridgehead atoms. The van der Waals surface area contributed by atoms with E-state index in [9.17, 15) is 21.6 Å². The number of hydrogen-bond donors (Lipinski definition) is 0. The van der Waals surface area contributed by atoms with Gasteiger partial charge in [0.15, 0.2) is 9.84 Å². The Kier molecular flexibility index (Phi) is 11.7. The molecule has 0 aliphatic rings. The van der Waals surface area contributed by atoms with Gasteiger partial charge in [-0.1, -0.05) is 80.4 Å². The largest absolute Gasteiger partial charge is 0.573 e. The second-order valence-corrected chi connectivity index (χ2v) is 10.3. The molecular formula is C28H32F3NO4S. The summed E-state index contributed by atoms with van der Waals surface area (Å²) < 4.78 is 60.7. The first-order valence-electron chi connectivity index (χ1n) is 11.9. The maximum absolute atomic E-state index is 11.7. The molecule has 37 heavy (non-hydrogen) atoms. The Morgan fingerprint density at radius 3 is 1.97 bits per heavy atom. The molecule has 0 amide bonds. The van der Waals surface area contributed by atoms with Gasteiger partial charge in [-0.3, -0.25) is 0 Å². The Morgan fingerprint density at radius 1 is 0.838 bits per heavy atom. The molecule has 5 nitrogen and oxygen atoms in total. The lowest BCUT2D eigenvalue weighted by molar-refractivity contribution is -0.274. The number of rotatable bonds is 10. The zero-order valence-electron chi connectivity index (χ0n) is 21.2. The lowest BCUT2D eigenvalue weighted by Gasteiger charge is -2.08. The normalized spacial score (nSPS) is 11.2. The minimum atomic E-state index is -4.77. The van der Waals surface area contributed by atoms with Crippen molar-refractivity contribution >= 4 is 15.5 Å². The lowest BCUT2D eigenvalue weighted by atomic mass is 10.0. The predicted molar refractivity (Wildman–Crippen MR) is 140 cm³/mol. The van der Waals surface area contributed by atoms with Crippen LogP contribution in [-0.4, -0.2) is 26.7 Å². The second kappa shape index (κ2) is 14.4. The van der Waals surface area contributed by atoms with Gasteiger partial charge in [0.05, 0.1) is 10.6 Å². The summed E-state index contributed by atoms with van der Waals surface area (Å²) in [5.41, 5.74) is 4.76. The summed E-state index contributed by atoms with van der Waals surface area (Å²) in [4.78, 5) is 5.51. The van der Waals surface area contributed by atoms with Crippen LogP contribution in [0.3, 0.4) is 0 Å². The van der Waals surface area contributed by atoms with Gasteiger partial charge in [0, 0.05) is 6.26 Å². The Balaban J connectivity index is 0.000000281. The van der Waals surface area contributed by atoms with Crippen LogP contribution in [0.4, 0.5) is 13.2 Å². The van der Waals surface area contributed by atoms with Crippen LogP contribution < -0.4 is 4.74 Å². The van der Waals surface area contributed by atoms with Crippen molar-refractivity contribution in [3.05, 3.63) is 84.4 Å². The van der Waals surface area contributed by atoms with E-state index in [2.05, 4.69) is 72.3 Å². The van der Waals surface area contributed by atoms with Crippen LogP contribution in [0.2, 0.25) is 0 Å². The highest BCUT2D eigenvalue weighted by atomic mass is 32.2. The number of halogens is 3. The third-order valence-electron chi connectivity index (χ3n) is 5.02. The SMILES string of the molecule is CCCC(CCC)=NOCc1cccc(-c2ccccc2)c1.CS(=O)(=O)c1ccc(OC(F)(F)F)cc1. The van der Waals surface area contributed by atoms with Crippen molar-refractivity contribution in [3.8, 4) is 16.9 Å². The molecule has 0 fully saturated rings. The quantitative estimate of drug-likeness (QED) is 0.196. The molecule has 200 valence electrons. The molecule has 0 aliphatic carbocycles. The van der Waals surface area contributed by atoms with Gasteiger partial charge in [-0.05, 0) is 59.9 Å². The molecule has 3 aromatic carbocycles. The molecule has 0 unspecified atom stereocenters. The van der Waals surface area contributed by atoms with Crippen LogP contribution in [0, 0.1) is 0 Å². The van der Waals surface area contributed by atoms with Crippen molar-refractivity contribution in [2.24, 2.45) is 5.16 Å². The first-order chi connectivity index (χ1) is 17.5. The molecule has 0 heterocycles. The molecule has 0 saturated heterocycles. The lowest BCUT2D eigenvalue weighted by Crippen LogP contribution is -2.17. The van der Waals surface area contributed by atoms with Gasteiger partial charge in [-0.2, -0.15) is 0 Å². The highest BCUT2D eigenvalue weighted by molar-refractivity contribution is 7.90. The van der Waals surface area contributed by atoms with Crippen LogP contribution in [0.1, 0.15) is 45.1 Å². The number of sulfone groups is 1. The number of ether oxygens (including phenoxy) is 1. The molecule has 0 N–H and O–H groups in total. The van der Waals surface area contributed by atoms with E-state index in [1.54, 1.807) is 0 Å². The van der Waals surface area contributed by atoms with E-state index in [1.165, 1.54) is 16.8 Å². The van der Waals surface area contributed by atoms with Crippen molar-refractivity contribution in [3.63, 3.8) is 0 Å². The molecule has 3 rings (SSSR count). The van der Waals surface area contributed by atoms with E-state index in [0.29, 0.717) is 6.61 Å². The van der Waals surface area contributed by atoms with E-state index in [4.69, 9.17) is 4.84 Å². The minimum Gasteiger partial charge on any atom is -0.406 e. The van der Waals surface area contributed by atoms with Gasteiger partial charge >= 0.3 is 6.36 Å². The Bertz CT molecular complexity index is 1220. The number of hydrogen-bond acceptors (Lipinski definition) is 5. The van der Waals surface area contributed by atoms with E-state index >= 15 is 0 Å². The molecule has 0 aromatic heterocycles. The van der Waals surface area contributed by atoms with Gasteiger partial charge in [0.25, 0.3) is 0 Å². The standard InChI is InChI=1S/C20H25NO.C8H7F3O3S/c1-3-9-20(10-4-2)21-22-16-17-11-8-14-19(15-17)18-12-6-5-7-13-18;1-15(12,13)7-4-2-6(3-5-7)14-8(9,10)11/h5-8,11-15H,3-4,9-10,16H2,1-2H3;2-5H,1H3. The number of nitrogens with zero attached hydrogens (tertiary/aromatic N) is 1. The third-order valence-corrected chi connectivity index (χ3v) is 6.15. The van der Waals surface area contributed by atoms with E-state index < -0.39 is 21.9 Å². The molecule has 0 radical (unpaired) electrons. The van der Waals surface area contributed by atoms with E-state index in [1.807, 2.05) is 6.07 Å². The molecular weight excluding hydrogens is 503 g/mol. The molecule has 0 spiro atoms. The van der Waals surface area contributed by atoms with Crippen molar-refractivity contribution in [2.75, 3.05) is 6.26 Å². The van der Waals surface area contributed by atoms with Crippen molar-refractivity contribution in [2.45, 2.75) is 57.4 Å². The zero-order valence-corrected chi connectivity index (χ0v) is 22.0. The number of alkyl halides is 3. The summed E-state index contributed by atoms with van der Waals surface area (Å²) in [6.07, 6.45) is 0.479. The van der Waals surface area contributed by atoms with Crippen molar-refractivity contribution in [1.29, 1.82) is 0 Å². The first kappa shape index (κ1) is 29.9. The Morgan fingerprint density at radius 2 is 1.43 bits per heavy atom. The summed E-state index contributed by atoms with van der Waals surface area (Å²) in [6.45, 7) is 4.88. The van der Waals surface area contributed by atoms with Gasteiger partial charge in [-0.15, -0.1) is 13.2 Å². The van der Waals surface area contributed by atoms with E-state index in [-0.39, 0.29) is 4.90 Å². The average molecular weight is 536 g/mol. The highest BCUT2D eigenvalue weighted by Gasteiger charge is 2.31. The molecule has 0 atom stereocenters. The summed E-state index contributed by atoms with van der Waals surface area (Å²) in [5, 5.41) is 4.32. The van der Waals surface area contributed by atoms with Crippen LogP contribution in [-0.2, 0) is 21.3 Å². The van der Waals surface area contributed by atoms with Crippen LogP contribution in [0.15, 0.2) is 88.9 Å². The molecule has 0 saturated carbocycles. The molecule has 3 aromatic rings. The monoisotopic (exact) mass is 535 g/mol. The van der Waals surface area contributed by atoms with Gasteiger partial charge < -0.3 is 9.57 Å². The van der Waals surface area contributed by atoms with Crippen LogP contribution in [0.25, 0.3) is 11.1 Å². The molecule has 0 aliphatic heterocycles. The van der Waals surface area contributed by atoms with Gasteiger partial charge in [0.2, 0.25) is 0 Å². The molecule has 9 heteroatoms. The Hall–Kier alpha value is -3.33. The predicted octanol–water partition coefficient (Wildman–Crippen LogP) is 7.82. The highest BCUT2D eigenvalue weighted by Crippen LogP contribution is 2.24. The zero-order chi connectivity index (χ0) is 27.3. The smallest absolute Gasteiger partial charge is 0.406 e. The fraction of sp³-hybridized carbons (Fsp3) is 0.321. The van der Waals surface area contributed by atoms with Gasteiger partial charge in [0.1, 0.15) is 12.4 Å². The fourth-order valence-electron chi connectivity index (χ4n) is 3.35. The summed E-state index contributed by atoms with van der Waals surface area (Å²) in [7, 11) is -3.40. The van der Waals surface area contributed by atoms with Gasteiger partial charge in [-0.25, -0.2) is 8.42 Å². The third kappa shape index (κ3) is 11.5. The number of benzene rings is 3. The fourth-order valence-corrected chi connectivity index (χ4v) is 3.98. The van der Waals surface area contributed by atoms with Crippen molar-refractivity contribution in [1.82, 2.24) is 0 Å². The minimum absolute atomic E-state index is 0.0583. The maximum Gasteiger partial charge on any atom is 0.573 e. The average Bonchev–Trinajstić information content (AvgIpc) is 2.84. The van der Waals surface area contributed by atoms with E-state index in [0.717, 1.165) is 61.8 Å². The van der Waals surface area contributed by atoms with Crippen LogP contribution in [0.5, 0.6) is 5.75 Å². The summed E-state index contributed by atoms with van der Waals surface area (Å²) in [5.74, 6) is -0.449. The number of oxime groups is 1. The summed E-state index contributed by atoms with van der Waals surface area (Å²) in [6, 6.07) is 22.9. The second-order valence-electron chi connectivity index (χ2n) is 8.29. The first-order valence-corrected chi connectivity index (χ1v) is 13.8. The van der Waals surface area contributed by atoms with Crippen LogP contribution >= 0.6 is 0 Å². The Labute approximate surface area is 216 Å². The maximum atomic E-state index is 11.7. The van der Waals surface area contributed by atoms with Crippen molar-refractivity contribution < 1.29 is 31.2 Å².